The summed E-state index contributed by atoms with van der Waals surface area (Å²) in [4.78, 5) is 0. The van der Waals surface area contributed by atoms with E-state index in [-0.39, 0.29) is 51.4 Å². The predicted molar refractivity (Wildman–Crippen MR) is 55.7 cm³/mol. The molecule has 0 N–H and O–H groups in total. The van der Waals surface area contributed by atoms with Crippen molar-refractivity contribution in [1.82, 2.24) is 0 Å². The van der Waals surface area contributed by atoms with Crippen molar-refractivity contribution >= 4 is 12.4 Å². The van der Waals surface area contributed by atoms with Gasteiger partial charge < -0.3 is 17.7 Å². The number of ether oxygens (including phenoxy) is 1. The summed E-state index contributed by atoms with van der Waals surface area (Å²) >= 11 is 0. The molecule has 1 rings (SSSR count). The molecule has 0 spiro atoms. The third-order valence-electron chi connectivity index (χ3n) is 2.16. The topological polar surface area (TPSA) is 9.23 Å². The van der Waals surface area contributed by atoms with Gasteiger partial charge in [0.05, 0.1) is 6.61 Å². The van der Waals surface area contributed by atoms with E-state index >= 15 is 0 Å². The largest absolute Gasteiger partial charge is 1.00 e. The maximum absolute atomic E-state index is 12.6. The first-order valence-electron chi connectivity index (χ1n) is 4.94. The fourth-order valence-electron chi connectivity index (χ4n) is 1.46. The number of rotatable bonds is 4. The Balaban J connectivity index is 0.00000225. The second-order valence-corrected chi connectivity index (χ2v) is 3.22. The SMILES string of the molecule is CCOc1ccc([B-](F)(F)F)c(CC)c1.[K+]. The van der Waals surface area contributed by atoms with Gasteiger partial charge in [0.2, 0.25) is 0 Å². The Bertz CT molecular complexity index is 341. The Morgan fingerprint density at radius 2 is 1.81 bits per heavy atom. The van der Waals surface area contributed by atoms with Crippen LogP contribution in [0.2, 0.25) is 0 Å². The molecule has 0 fully saturated rings. The minimum atomic E-state index is -4.92. The molecule has 0 amide bonds. The molecule has 1 aromatic carbocycles. The minimum Gasteiger partial charge on any atom is -0.494 e. The maximum atomic E-state index is 12.6. The monoisotopic (exact) mass is 256 g/mol. The van der Waals surface area contributed by atoms with Crippen LogP contribution in [0.25, 0.3) is 0 Å². The van der Waals surface area contributed by atoms with Gasteiger partial charge >= 0.3 is 58.4 Å². The first kappa shape index (κ1) is 16.5. The van der Waals surface area contributed by atoms with E-state index in [4.69, 9.17) is 4.74 Å². The summed E-state index contributed by atoms with van der Waals surface area (Å²) < 4.78 is 42.9. The molecule has 0 saturated carbocycles. The molecule has 16 heavy (non-hydrogen) atoms. The van der Waals surface area contributed by atoms with E-state index in [9.17, 15) is 12.9 Å². The van der Waals surface area contributed by atoms with Crippen molar-refractivity contribution in [2.24, 2.45) is 0 Å². The van der Waals surface area contributed by atoms with Crippen LogP contribution in [0.4, 0.5) is 12.9 Å². The van der Waals surface area contributed by atoms with Gasteiger partial charge in [0, 0.05) is 0 Å². The van der Waals surface area contributed by atoms with Gasteiger partial charge in [-0.05, 0) is 25.5 Å². The van der Waals surface area contributed by atoms with Gasteiger partial charge in [-0.15, -0.1) is 5.46 Å². The normalized spacial score (nSPS) is 10.8. The van der Waals surface area contributed by atoms with Gasteiger partial charge in [0.25, 0.3) is 0 Å². The van der Waals surface area contributed by atoms with Gasteiger partial charge in [-0.1, -0.05) is 18.6 Å². The summed E-state index contributed by atoms with van der Waals surface area (Å²) in [6.45, 7) is -0.958. The van der Waals surface area contributed by atoms with Crippen LogP contribution in [-0.4, -0.2) is 13.6 Å². The molecule has 6 heteroatoms. The van der Waals surface area contributed by atoms with Gasteiger partial charge in [-0.25, -0.2) is 0 Å². The number of halogens is 3. The standard InChI is InChI=1S/C10H13BF3O.K/c1-3-8-7-9(15-4-2)5-6-10(8)11(12,13)14;/h5-7H,3-4H2,1-2H3;/q-1;+1. The zero-order chi connectivity index (χ0) is 11.5. The third kappa shape index (κ3) is 4.41. The molecule has 0 unspecified atom stereocenters. The molecule has 0 heterocycles. The molecule has 1 nitrogen and oxygen atoms in total. The summed E-state index contributed by atoms with van der Waals surface area (Å²) in [6, 6.07) is 3.94. The first-order chi connectivity index (χ1) is 6.99. The van der Waals surface area contributed by atoms with E-state index in [2.05, 4.69) is 0 Å². The van der Waals surface area contributed by atoms with Crippen LogP contribution < -0.4 is 61.6 Å². The molecule has 0 radical (unpaired) electrons. The zero-order valence-electron chi connectivity index (χ0n) is 9.77. The quantitative estimate of drug-likeness (QED) is 0.672. The van der Waals surface area contributed by atoms with Gasteiger partial charge in [0.15, 0.2) is 0 Å². The Labute approximate surface area is 136 Å². The molecule has 0 aliphatic heterocycles. The summed E-state index contributed by atoms with van der Waals surface area (Å²) in [5.74, 6) is 0.498. The van der Waals surface area contributed by atoms with Crippen LogP contribution in [0.5, 0.6) is 5.75 Å². The smallest absolute Gasteiger partial charge is 0.494 e. The van der Waals surface area contributed by atoms with Crippen molar-refractivity contribution in [1.29, 1.82) is 0 Å². The Kier molecular flexibility index (Phi) is 7.28. The Hall–Kier alpha value is 0.511. The molecular formula is C10H13BF3KO. The molecule has 0 aliphatic rings. The molecular weight excluding hydrogens is 243 g/mol. The van der Waals surface area contributed by atoms with Crippen molar-refractivity contribution in [2.45, 2.75) is 20.3 Å². The second kappa shape index (κ2) is 7.06. The second-order valence-electron chi connectivity index (χ2n) is 3.22. The molecule has 0 bridgehead atoms. The molecule has 0 aromatic heterocycles. The summed E-state index contributed by atoms with van der Waals surface area (Å²) in [5.41, 5.74) is -0.214. The van der Waals surface area contributed by atoms with Crippen LogP contribution >= 0.6 is 0 Å². The van der Waals surface area contributed by atoms with Crippen LogP contribution in [0.1, 0.15) is 19.4 Å². The molecule has 84 valence electrons. The first-order valence-corrected chi connectivity index (χ1v) is 4.94. The van der Waals surface area contributed by atoms with E-state index in [0.29, 0.717) is 24.3 Å². The summed E-state index contributed by atoms with van der Waals surface area (Å²) in [5, 5.41) is 0. The average Bonchev–Trinajstić information content (AvgIpc) is 2.16. The number of hydrogen-bond acceptors (Lipinski definition) is 1. The Morgan fingerprint density at radius 3 is 2.25 bits per heavy atom. The van der Waals surface area contributed by atoms with Crippen molar-refractivity contribution in [2.75, 3.05) is 6.61 Å². The number of hydrogen-bond donors (Lipinski definition) is 0. The van der Waals surface area contributed by atoms with Crippen molar-refractivity contribution in [3.05, 3.63) is 23.8 Å². The molecule has 0 atom stereocenters. The summed E-state index contributed by atoms with van der Waals surface area (Å²) in [7, 11) is 0. The van der Waals surface area contributed by atoms with E-state index in [0.717, 1.165) is 6.07 Å². The number of benzene rings is 1. The van der Waals surface area contributed by atoms with Gasteiger partial charge in [-0.3, -0.25) is 0 Å². The zero-order valence-corrected chi connectivity index (χ0v) is 12.9. The average molecular weight is 256 g/mol. The molecule has 1 aromatic rings. The van der Waals surface area contributed by atoms with Gasteiger partial charge in [-0.2, -0.15) is 0 Å². The van der Waals surface area contributed by atoms with Crippen LogP contribution in [0.15, 0.2) is 18.2 Å². The van der Waals surface area contributed by atoms with E-state index < -0.39 is 12.4 Å². The molecule has 0 aliphatic carbocycles. The van der Waals surface area contributed by atoms with Crippen molar-refractivity contribution in [3.63, 3.8) is 0 Å². The fraction of sp³-hybridized carbons (Fsp3) is 0.400. The van der Waals surface area contributed by atoms with E-state index in [1.807, 2.05) is 0 Å². The fourth-order valence-corrected chi connectivity index (χ4v) is 1.46. The minimum absolute atomic E-state index is 0. The summed E-state index contributed by atoms with van der Waals surface area (Å²) in [6.07, 6.45) is 0.359. The molecule has 0 saturated heterocycles. The van der Waals surface area contributed by atoms with Crippen LogP contribution in [0.3, 0.4) is 0 Å². The van der Waals surface area contributed by atoms with Crippen LogP contribution in [-0.2, 0) is 6.42 Å². The predicted octanol–water partition coefficient (Wildman–Crippen LogP) is -0.294. The Morgan fingerprint density at radius 1 is 1.19 bits per heavy atom. The van der Waals surface area contributed by atoms with Crippen molar-refractivity contribution in [3.8, 4) is 5.75 Å². The maximum Gasteiger partial charge on any atom is 1.00 e. The van der Waals surface area contributed by atoms with Gasteiger partial charge in [0.1, 0.15) is 5.75 Å². The van der Waals surface area contributed by atoms with E-state index in [1.54, 1.807) is 13.8 Å². The van der Waals surface area contributed by atoms with Crippen LogP contribution in [0, 0.1) is 0 Å². The van der Waals surface area contributed by atoms with E-state index in [1.165, 1.54) is 12.1 Å². The van der Waals surface area contributed by atoms with Crippen molar-refractivity contribution < 1.29 is 69.1 Å². The number of aryl methyl sites for hydroxylation is 1. The third-order valence-corrected chi connectivity index (χ3v) is 2.16.